The van der Waals surface area contributed by atoms with Crippen LogP contribution in [0.25, 0.3) is 0 Å². The molecule has 0 bridgehead atoms. The first-order chi connectivity index (χ1) is 11.5. The second-order valence-corrected chi connectivity index (χ2v) is 6.06. The van der Waals surface area contributed by atoms with Gasteiger partial charge in [-0.05, 0) is 36.8 Å². The number of aliphatic hydroxyl groups is 1. The first-order valence-corrected chi connectivity index (χ1v) is 8.06. The molecular formula is C18H18ClNO4. The van der Waals surface area contributed by atoms with Crippen molar-refractivity contribution < 1.29 is 19.4 Å². The fourth-order valence-corrected chi connectivity index (χ4v) is 2.73. The molecule has 0 aromatic heterocycles. The predicted octanol–water partition coefficient (Wildman–Crippen LogP) is 2.72. The van der Waals surface area contributed by atoms with Crippen LogP contribution in [0.2, 0.25) is 5.02 Å². The third kappa shape index (κ3) is 3.63. The smallest absolute Gasteiger partial charge is 0.265 e. The highest BCUT2D eigenvalue weighted by molar-refractivity contribution is 6.30. The van der Waals surface area contributed by atoms with Gasteiger partial charge in [0.1, 0.15) is 6.10 Å². The number of para-hydroxylation sites is 2. The van der Waals surface area contributed by atoms with Crippen molar-refractivity contribution in [3.8, 4) is 11.5 Å². The number of carbonyl (C=O) groups excluding carboxylic acids is 1. The Labute approximate surface area is 145 Å². The highest BCUT2D eigenvalue weighted by Gasteiger charge is 2.34. The van der Waals surface area contributed by atoms with E-state index < -0.39 is 18.3 Å². The van der Waals surface area contributed by atoms with E-state index in [9.17, 15) is 9.90 Å². The van der Waals surface area contributed by atoms with Gasteiger partial charge in [-0.3, -0.25) is 4.79 Å². The van der Waals surface area contributed by atoms with Crippen LogP contribution < -0.4 is 14.8 Å². The Morgan fingerprint density at radius 2 is 1.92 bits per heavy atom. The Kier molecular flexibility index (Phi) is 4.92. The lowest BCUT2D eigenvalue weighted by Gasteiger charge is -2.31. The predicted molar refractivity (Wildman–Crippen MR) is 90.4 cm³/mol. The summed E-state index contributed by atoms with van der Waals surface area (Å²) in [6.45, 7) is 1.83. The van der Waals surface area contributed by atoms with Gasteiger partial charge in [-0.25, -0.2) is 0 Å². The molecule has 3 rings (SSSR count). The zero-order valence-corrected chi connectivity index (χ0v) is 13.9. The van der Waals surface area contributed by atoms with Crippen LogP contribution in [0.3, 0.4) is 0 Å². The maximum Gasteiger partial charge on any atom is 0.265 e. The molecule has 0 saturated carbocycles. The number of hydrogen-bond acceptors (Lipinski definition) is 4. The van der Waals surface area contributed by atoms with E-state index in [-0.39, 0.29) is 12.5 Å². The van der Waals surface area contributed by atoms with Gasteiger partial charge in [0.05, 0.1) is 6.10 Å². The molecule has 0 fully saturated rings. The molecule has 0 unspecified atom stereocenters. The van der Waals surface area contributed by atoms with E-state index >= 15 is 0 Å². The SMILES string of the molecule is C[C@@H]1Oc2ccccc2O[C@H]1C(=O)NC[C@H](O)c1cccc(Cl)c1. The molecule has 1 amide bonds. The molecule has 126 valence electrons. The lowest BCUT2D eigenvalue weighted by molar-refractivity contribution is -0.133. The maximum atomic E-state index is 12.4. The van der Waals surface area contributed by atoms with E-state index in [0.717, 1.165) is 0 Å². The average molecular weight is 348 g/mol. The van der Waals surface area contributed by atoms with Crippen LogP contribution in [-0.2, 0) is 4.79 Å². The number of rotatable bonds is 4. The van der Waals surface area contributed by atoms with Gasteiger partial charge >= 0.3 is 0 Å². The lowest BCUT2D eigenvalue weighted by Crippen LogP contribution is -2.49. The number of ether oxygens (including phenoxy) is 2. The average Bonchev–Trinajstić information content (AvgIpc) is 2.58. The molecular weight excluding hydrogens is 330 g/mol. The minimum absolute atomic E-state index is 0.0629. The van der Waals surface area contributed by atoms with Crippen LogP contribution in [0.15, 0.2) is 48.5 Å². The quantitative estimate of drug-likeness (QED) is 0.892. The summed E-state index contributed by atoms with van der Waals surface area (Å²) in [5.74, 6) is 0.817. The molecule has 24 heavy (non-hydrogen) atoms. The van der Waals surface area contributed by atoms with E-state index in [1.807, 2.05) is 12.1 Å². The van der Waals surface area contributed by atoms with Gasteiger partial charge in [-0.15, -0.1) is 0 Å². The van der Waals surface area contributed by atoms with Crippen molar-refractivity contribution in [2.24, 2.45) is 0 Å². The van der Waals surface area contributed by atoms with Crippen molar-refractivity contribution in [1.82, 2.24) is 5.32 Å². The number of carbonyl (C=O) groups is 1. The number of nitrogens with one attached hydrogen (secondary N) is 1. The monoisotopic (exact) mass is 347 g/mol. The van der Waals surface area contributed by atoms with Gasteiger partial charge in [0.2, 0.25) is 6.10 Å². The number of fused-ring (bicyclic) bond motifs is 1. The molecule has 0 radical (unpaired) electrons. The topological polar surface area (TPSA) is 67.8 Å². The van der Waals surface area contributed by atoms with E-state index in [0.29, 0.717) is 22.1 Å². The van der Waals surface area contributed by atoms with Gasteiger partial charge in [-0.2, -0.15) is 0 Å². The molecule has 6 heteroatoms. The Balaban J connectivity index is 1.61. The molecule has 0 saturated heterocycles. The molecule has 0 aliphatic carbocycles. The van der Waals surface area contributed by atoms with Crippen molar-refractivity contribution in [1.29, 1.82) is 0 Å². The highest BCUT2D eigenvalue weighted by Crippen LogP contribution is 2.33. The maximum absolute atomic E-state index is 12.4. The van der Waals surface area contributed by atoms with Crippen LogP contribution in [0.1, 0.15) is 18.6 Å². The Morgan fingerprint density at radius 1 is 1.21 bits per heavy atom. The van der Waals surface area contributed by atoms with Crippen molar-refractivity contribution >= 4 is 17.5 Å². The zero-order valence-electron chi connectivity index (χ0n) is 13.1. The number of benzene rings is 2. The van der Waals surface area contributed by atoms with Crippen molar-refractivity contribution in [2.75, 3.05) is 6.54 Å². The van der Waals surface area contributed by atoms with Gasteiger partial charge in [0, 0.05) is 11.6 Å². The fourth-order valence-electron chi connectivity index (χ4n) is 2.54. The van der Waals surface area contributed by atoms with E-state index in [4.69, 9.17) is 21.1 Å². The Bertz CT molecular complexity index is 736. The highest BCUT2D eigenvalue weighted by atomic mass is 35.5. The fraction of sp³-hybridized carbons (Fsp3) is 0.278. The second-order valence-electron chi connectivity index (χ2n) is 5.62. The van der Waals surface area contributed by atoms with E-state index in [2.05, 4.69) is 5.32 Å². The van der Waals surface area contributed by atoms with Crippen LogP contribution in [-0.4, -0.2) is 29.8 Å². The molecule has 3 atom stereocenters. The summed E-state index contributed by atoms with van der Waals surface area (Å²) < 4.78 is 11.4. The summed E-state index contributed by atoms with van der Waals surface area (Å²) in [5, 5.41) is 13.4. The third-order valence-corrected chi connectivity index (χ3v) is 4.04. The van der Waals surface area contributed by atoms with Gasteiger partial charge in [0.15, 0.2) is 11.5 Å². The largest absolute Gasteiger partial charge is 0.482 e. The Hall–Kier alpha value is -2.24. The summed E-state index contributed by atoms with van der Waals surface area (Å²) in [6.07, 6.45) is -2.05. The van der Waals surface area contributed by atoms with Crippen molar-refractivity contribution in [3.63, 3.8) is 0 Å². The summed E-state index contributed by atoms with van der Waals surface area (Å²) in [7, 11) is 0. The molecule has 5 nitrogen and oxygen atoms in total. The molecule has 1 heterocycles. The molecule has 2 aromatic carbocycles. The Morgan fingerprint density at radius 3 is 2.62 bits per heavy atom. The van der Waals surface area contributed by atoms with Gasteiger partial charge in [0.25, 0.3) is 5.91 Å². The van der Waals surface area contributed by atoms with Crippen molar-refractivity contribution in [2.45, 2.75) is 25.2 Å². The van der Waals surface area contributed by atoms with Crippen molar-refractivity contribution in [3.05, 3.63) is 59.1 Å². The number of amides is 1. The summed E-state index contributed by atoms with van der Waals surface area (Å²) in [6, 6.07) is 14.1. The standard InChI is InChI=1S/C18H18ClNO4/c1-11-17(24-16-8-3-2-7-15(16)23-11)18(22)20-10-14(21)12-5-4-6-13(19)9-12/h2-9,11,14,17,21H,10H2,1H3,(H,20,22)/t11-,14-,17+/m0/s1. The van der Waals surface area contributed by atoms with Crippen LogP contribution in [0.5, 0.6) is 11.5 Å². The van der Waals surface area contributed by atoms with Crippen LogP contribution in [0.4, 0.5) is 0 Å². The first-order valence-electron chi connectivity index (χ1n) is 7.68. The van der Waals surface area contributed by atoms with Gasteiger partial charge in [-0.1, -0.05) is 35.9 Å². The number of halogens is 1. The van der Waals surface area contributed by atoms with E-state index in [1.54, 1.807) is 43.3 Å². The van der Waals surface area contributed by atoms with Crippen LogP contribution in [0, 0.1) is 0 Å². The molecule has 2 N–H and O–H groups in total. The zero-order chi connectivity index (χ0) is 17.1. The minimum atomic E-state index is -0.847. The van der Waals surface area contributed by atoms with Crippen LogP contribution >= 0.6 is 11.6 Å². The molecule has 1 aliphatic rings. The van der Waals surface area contributed by atoms with E-state index in [1.165, 1.54) is 0 Å². The minimum Gasteiger partial charge on any atom is -0.482 e. The second kappa shape index (κ2) is 7.11. The lowest BCUT2D eigenvalue weighted by atomic mass is 10.1. The number of hydrogen-bond donors (Lipinski definition) is 2. The molecule has 1 aliphatic heterocycles. The van der Waals surface area contributed by atoms with Gasteiger partial charge < -0.3 is 19.9 Å². The first kappa shape index (κ1) is 16.6. The third-order valence-electron chi connectivity index (χ3n) is 3.80. The molecule has 2 aromatic rings. The summed E-state index contributed by atoms with van der Waals surface area (Å²) in [4.78, 5) is 12.4. The number of aliphatic hydroxyl groups excluding tert-OH is 1. The summed E-state index contributed by atoms with van der Waals surface area (Å²) in [5.41, 5.74) is 0.641. The molecule has 0 spiro atoms. The normalized spacial score (nSPS) is 20.3. The summed E-state index contributed by atoms with van der Waals surface area (Å²) >= 11 is 5.91.